The number of ether oxygens (including phenoxy) is 2. The van der Waals surface area contributed by atoms with Gasteiger partial charge in [-0.05, 0) is 36.8 Å². The van der Waals surface area contributed by atoms with E-state index in [9.17, 15) is 9.90 Å². The zero-order valence-electron chi connectivity index (χ0n) is 13.9. The summed E-state index contributed by atoms with van der Waals surface area (Å²) >= 11 is 1.67. The number of thiophene rings is 1. The number of methoxy groups -OCH3 is 1. The van der Waals surface area contributed by atoms with Crippen molar-refractivity contribution in [3.63, 3.8) is 0 Å². The Bertz CT molecular complexity index is 741. The van der Waals surface area contributed by atoms with Gasteiger partial charge in [-0.2, -0.15) is 0 Å². The van der Waals surface area contributed by atoms with Gasteiger partial charge in [0.1, 0.15) is 6.61 Å². The summed E-state index contributed by atoms with van der Waals surface area (Å²) in [5.41, 5.74) is 1.78. The molecule has 0 atom stereocenters. The van der Waals surface area contributed by atoms with Gasteiger partial charge >= 0.3 is 0 Å². The summed E-state index contributed by atoms with van der Waals surface area (Å²) in [6.07, 6.45) is 0.349. The summed E-state index contributed by atoms with van der Waals surface area (Å²) in [5.74, 6) is 0.638. The molecule has 1 aromatic carbocycles. The number of aromatic hydroxyl groups is 1. The summed E-state index contributed by atoms with van der Waals surface area (Å²) < 4.78 is 10.7. The Morgan fingerprint density at radius 2 is 2.25 bits per heavy atom. The topological polar surface area (TPSA) is 59.0 Å². The van der Waals surface area contributed by atoms with Gasteiger partial charge in [-0.25, -0.2) is 0 Å². The highest BCUT2D eigenvalue weighted by molar-refractivity contribution is 7.15. The third kappa shape index (κ3) is 3.55. The van der Waals surface area contributed by atoms with E-state index in [1.54, 1.807) is 29.4 Å². The quantitative estimate of drug-likeness (QED) is 0.923. The van der Waals surface area contributed by atoms with E-state index in [1.807, 2.05) is 12.1 Å². The molecule has 128 valence electrons. The smallest absolute Gasteiger partial charge is 0.225 e. The first-order valence-electron chi connectivity index (χ1n) is 7.90. The fraction of sp³-hybridized carbons (Fsp3) is 0.389. The second-order valence-electron chi connectivity index (χ2n) is 5.80. The molecule has 1 N–H and O–H groups in total. The van der Waals surface area contributed by atoms with Crippen LogP contribution >= 0.6 is 11.3 Å². The van der Waals surface area contributed by atoms with Crippen molar-refractivity contribution in [1.82, 2.24) is 4.90 Å². The second kappa shape index (κ2) is 7.23. The molecule has 0 spiro atoms. The number of phenols is 1. The fourth-order valence-corrected chi connectivity index (χ4v) is 3.65. The van der Waals surface area contributed by atoms with Crippen molar-refractivity contribution < 1.29 is 19.4 Å². The van der Waals surface area contributed by atoms with Crippen molar-refractivity contribution in [2.75, 3.05) is 26.9 Å². The maximum absolute atomic E-state index is 12.3. The minimum Gasteiger partial charge on any atom is -0.504 e. The van der Waals surface area contributed by atoms with Gasteiger partial charge in [-0.1, -0.05) is 0 Å². The average Bonchev–Trinajstić information content (AvgIpc) is 2.87. The van der Waals surface area contributed by atoms with Crippen molar-refractivity contribution >= 4 is 17.2 Å². The molecule has 1 aliphatic rings. The molecule has 1 aliphatic heterocycles. The van der Waals surface area contributed by atoms with E-state index in [2.05, 4.69) is 13.0 Å². The van der Waals surface area contributed by atoms with E-state index in [-0.39, 0.29) is 11.7 Å². The number of rotatable bonds is 4. The minimum atomic E-state index is 0.0326. The first kappa shape index (κ1) is 16.8. The Labute approximate surface area is 145 Å². The normalized spacial score (nSPS) is 14.0. The molecule has 0 bridgehead atoms. The first-order chi connectivity index (χ1) is 11.6. The lowest BCUT2D eigenvalue weighted by Gasteiger charge is -2.20. The highest BCUT2D eigenvalue weighted by atomic mass is 32.1. The summed E-state index contributed by atoms with van der Waals surface area (Å²) in [5, 5.41) is 10.4. The summed E-state index contributed by atoms with van der Waals surface area (Å²) in [4.78, 5) is 16.4. The number of hydrogen-bond donors (Lipinski definition) is 1. The largest absolute Gasteiger partial charge is 0.504 e. The molecule has 0 unspecified atom stereocenters. The van der Waals surface area contributed by atoms with E-state index in [0.29, 0.717) is 38.5 Å². The maximum Gasteiger partial charge on any atom is 0.225 e. The number of phenolic OH excluding ortho intramolecular Hbond substituents is 1. The van der Waals surface area contributed by atoms with Gasteiger partial charge in [-0.3, -0.25) is 4.79 Å². The predicted octanol–water partition coefficient (Wildman–Crippen LogP) is 3.19. The molecule has 2 heterocycles. The van der Waals surface area contributed by atoms with E-state index >= 15 is 0 Å². The molecule has 5 nitrogen and oxygen atoms in total. The molecule has 6 heteroatoms. The summed E-state index contributed by atoms with van der Waals surface area (Å²) in [6, 6.07) is 7.83. The number of aryl methyl sites for hydroxylation is 1. The molecule has 0 saturated heterocycles. The standard InChI is InChI=1S/C18H21NO4S/c1-12-3-4-16(24-12)13-9-14-11-19(17(21)5-7-22-2)6-8-23-18(14)15(20)10-13/h3-4,9-10,20H,5-8,11H2,1-2H3. The molecule has 0 saturated carbocycles. The molecule has 0 fully saturated rings. The number of fused-ring (bicyclic) bond motifs is 1. The zero-order valence-corrected chi connectivity index (χ0v) is 14.7. The van der Waals surface area contributed by atoms with Crippen LogP contribution in [-0.4, -0.2) is 42.8 Å². The van der Waals surface area contributed by atoms with Crippen molar-refractivity contribution in [2.24, 2.45) is 0 Å². The van der Waals surface area contributed by atoms with Gasteiger partial charge in [-0.15, -0.1) is 11.3 Å². The molecular weight excluding hydrogens is 326 g/mol. The number of nitrogens with zero attached hydrogens (tertiary/aromatic N) is 1. The van der Waals surface area contributed by atoms with Crippen LogP contribution in [0.2, 0.25) is 0 Å². The highest BCUT2D eigenvalue weighted by Crippen LogP contribution is 2.39. The number of hydrogen-bond acceptors (Lipinski definition) is 5. The molecule has 3 rings (SSSR count). The van der Waals surface area contributed by atoms with Crippen molar-refractivity contribution in [3.05, 3.63) is 34.7 Å². The van der Waals surface area contributed by atoms with Gasteiger partial charge in [0.25, 0.3) is 0 Å². The van der Waals surface area contributed by atoms with Crippen LogP contribution in [0.1, 0.15) is 16.9 Å². The Morgan fingerprint density at radius 3 is 2.96 bits per heavy atom. The van der Waals surface area contributed by atoms with E-state index in [4.69, 9.17) is 9.47 Å². The van der Waals surface area contributed by atoms with E-state index in [1.165, 1.54) is 4.88 Å². The third-order valence-corrected chi connectivity index (χ3v) is 5.06. The number of carbonyl (C=O) groups excluding carboxylic acids is 1. The Hall–Kier alpha value is -2.05. The number of benzene rings is 1. The zero-order chi connectivity index (χ0) is 17.1. The van der Waals surface area contributed by atoms with Crippen LogP contribution in [-0.2, 0) is 16.1 Å². The SMILES string of the molecule is COCCC(=O)N1CCOc2c(O)cc(-c3ccc(C)s3)cc2C1. The summed E-state index contributed by atoms with van der Waals surface area (Å²) in [7, 11) is 1.58. The number of carbonyl (C=O) groups is 1. The van der Waals surface area contributed by atoms with Crippen LogP contribution in [0.4, 0.5) is 0 Å². The molecule has 0 radical (unpaired) electrons. The molecule has 2 aromatic rings. The lowest BCUT2D eigenvalue weighted by molar-refractivity contribution is -0.132. The third-order valence-electron chi connectivity index (χ3n) is 4.01. The molecule has 0 aliphatic carbocycles. The van der Waals surface area contributed by atoms with Crippen molar-refractivity contribution in [2.45, 2.75) is 19.9 Å². The Kier molecular flexibility index (Phi) is 5.06. The van der Waals surface area contributed by atoms with Crippen LogP contribution < -0.4 is 4.74 Å². The lowest BCUT2D eigenvalue weighted by atomic mass is 10.1. The van der Waals surface area contributed by atoms with Gasteiger partial charge in [0, 0.05) is 29.0 Å². The highest BCUT2D eigenvalue weighted by Gasteiger charge is 2.22. The van der Waals surface area contributed by atoms with Gasteiger partial charge < -0.3 is 19.5 Å². The van der Waals surface area contributed by atoms with Crippen molar-refractivity contribution in [3.8, 4) is 21.9 Å². The van der Waals surface area contributed by atoms with Crippen LogP contribution in [0.25, 0.3) is 10.4 Å². The average molecular weight is 347 g/mol. The van der Waals surface area contributed by atoms with Crippen LogP contribution in [0.15, 0.2) is 24.3 Å². The van der Waals surface area contributed by atoms with Crippen LogP contribution in [0, 0.1) is 6.92 Å². The Morgan fingerprint density at radius 1 is 1.42 bits per heavy atom. The van der Waals surface area contributed by atoms with E-state index < -0.39 is 0 Å². The van der Waals surface area contributed by atoms with Gasteiger partial charge in [0.15, 0.2) is 11.5 Å². The predicted molar refractivity (Wildman–Crippen MR) is 93.6 cm³/mol. The van der Waals surface area contributed by atoms with Crippen molar-refractivity contribution in [1.29, 1.82) is 0 Å². The van der Waals surface area contributed by atoms with E-state index in [0.717, 1.165) is 16.0 Å². The number of amides is 1. The fourth-order valence-electron chi connectivity index (χ4n) is 2.79. The summed E-state index contributed by atoms with van der Waals surface area (Å²) in [6.45, 7) is 3.77. The lowest BCUT2D eigenvalue weighted by Crippen LogP contribution is -2.32. The molecule has 24 heavy (non-hydrogen) atoms. The second-order valence-corrected chi connectivity index (χ2v) is 7.09. The minimum absolute atomic E-state index is 0.0326. The first-order valence-corrected chi connectivity index (χ1v) is 8.72. The monoisotopic (exact) mass is 347 g/mol. The van der Waals surface area contributed by atoms with Gasteiger partial charge in [0.2, 0.25) is 5.91 Å². The Balaban J connectivity index is 1.90. The van der Waals surface area contributed by atoms with Crippen LogP contribution in [0.3, 0.4) is 0 Å². The molecule has 1 aromatic heterocycles. The molecular formula is C18H21NO4S. The van der Waals surface area contributed by atoms with Gasteiger partial charge in [0.05, 0.1) is 19.6 Å². The molecule has 1 amide bonds. The van der Waals surface area contributed by atoms with Crippen LogP contribution in [0.5, 0.6) is 11.5 Å². The maximum atomic E-state index is 12.3.